The Morgan fingerprint density at radius 3 is 2.13 bits per heavy atom. The summed E-state index contributed by atoms with van der Waals surface area (Å²) in [6, 6.07) is 25.9. The van der Waals surface area contributed by atoms with Crippen LogP contribution in [0.2, 0.25) is 0 Å². The van der Waals surface area contributed by atoms with E-state index < -0.39 is 21.0 Å². The van der Waals surface area contributed by atoms with Crippen LogP contribution in [-0.2, 0) is 20.4 Å². The summed E-state index contributed by atoms with van der Waals surface area (Å²) in [6.45, 7) is 3.79. The molecule has 0 aliphatic rings. The van der Waals surface area contributed by atoms with Crippen molar-refractivity contribution in [3.05, 3.63) is 96.1 Å². The molecule has 0 aliphatic carbocycles. The van der Waals surface area contributed by atoms with Gasteiger partial charge in [-0.2, -0.15) is 0 Å². The van der Waals surface area contributed by atoms with E-state index in [0.29, 0.717) is 23.6 Å². The van der Waals surface area contributed by atoms with Crippen LogP contribution in [0.5, 0.6) is 11.5 Å². The zero-order valence-electron chi connectivity index (χ0n) is 17.7. The third-order valence-corrected chi connectivity index (χ3v) is 7.16. The highest BCUT2D eigenvalue weighted by molar-refractivity contribution is 7.92. The van der Waals surface area contributed by atoms with E-state index >= 15 is 0 Å². The number of ether oxygens (including phenoxy) is 1. The summed E-state index contributed by atoms with van der Waals surface area (Å²) in [6.07, 6.45) is 0. The van der Waals surface area contributed by atoms with E-state index in [4.69, 9.17) is 4.74 Å². The smallest absolute Gasteiger partial charge is 0.238 e. The van der Waals surface area contributed by atoms with Crippen molar-refractivity contribution in [2.24, 2.45) is 0 Å². The van der Waals surface area contributed by atoms with Gasteiger partial charge in [0.25, 0.3) is 0 Å². The van der Waals surface area contributed by atoms with E-state index in [1.165, 1.54) is 6.92 Å². The Balaban J connectivity index is 1.65. The van der Waals surface area contributed by atoms with Crippen molar-refractivity contribution in [2.75, 3.05) is 6.54 Å². The fourth-order valence-electron chi connectivity index (χ4n) is 3.14. The molecule has 1 N–H and O–H groups in total. The van der Waals surface area contributed by atoms with Crippen LogP contribution in [0.4, 0.5) is 0 Å². The highest BCUT2D eigenvalue weighted by Gasteiger charge is 2.29. The number of sulfone groups is 1. The lowest BCUT2D eigenvalue weighted by Crippen LogP contribution is -2.39. The van der Waals surface area contributed by atoms with Gasteiger partial charge < -0.3 is 10.1 Å². The number of rotatable bonds is 9. The maximum Gasteiger partial charge on any atom is 0.238 e. The highest BCUT2D eigenvalue weighted by Crippen LogP contribution is 2.27. The van der Waals surface area contributed by atoms with Gasteiger partial charge >= 0.3 is 0 Å². The summed E-state index contributed by atoms with van der Waals surface area (Å²) in [5.74, 6) is 0.388. The van der Waals surface area contributed by atoms with Crippen LogP contribution >= 0.6 is 0 Å². The van der Waals surface area contributed by atoms with E-state index in [2.05, 4.69) is 5.32 Å². The molecule has 0 spiro atoms. The van der Waals surface area contributed by atoms with Gasteiger partial charge in [-0.15, -0.1) is 0 Å². The van der Waals surface area contributed by atoms with E-state index in [-0.39, 0.29) is 11.7 Å². The molecule has 3 aromatic carbocycles. The monoisotopic (exact) mass is 437 g/mol. The molecule has 162 valence electrons. The molecular weight excluding hydrogens is 410 g/mol. The first-order valence-electron chi connectivity index (χ1n) is 10.2. The van der Waals surface area contributed by atoms with Gasteiger partial charge in [0.1, 0.15) is 16.7 Å². The summed E-state index contributed by atoms with van der Waals surface area (Å²) < 4.78 is 31.7. The first-order chi connectivity index (χ1) is 14.9. The predicted octanol–water partition coefficient (Wildman–Crippen LogP) is 4.70. The van der Waals surface area contributed by atoms with Crippen molar-refractivity contribution in [2.45, 2.75) is 30.8 Å². The molecule has 0 saturated heterocycles. The fraction of sp³-hybridized carbons (Fsp3) is 0.240. The Hall–Kier alpha value is -3.12. The second kappa shape index (κ2) is 10.3. The molecule has 0 radical (unpaired) electrons. The molecule has 5 nitrogen and oxygen atoms in total. The Morgan fingerprint density at radius 1 is 0.871 bits per heavy atom. The summed E-state index contributed by atoms with van der Waals surface area (Å²) in [4.78, 5) is 12.6. The minimum Gasteiger partial charge on any atom is -0.457 e. The van der Waals surface area contributed by atoms with Crippen LogP contribution in [0.15, 0.2) is 84.9 Å². The van der Waals surface area contributed by atoms with Gasteiger partial charge in [-0.05, 0) is 36.6 Å². The van der Waals surface area contributed by atoms with Crippen LogP contribution in [0.1, 0.15) is 30.9 Å². The molecule has 0 aliphatic heterocycles. The average molecular weight is 438 g/mol. The minimum atomic E-state index is -3.73. The Bertz CT molecular complexity index is 1100. The summed E-state index contributed by atoms with van der Waals surface area (Å²) in [7, 11) is -3.73. The molecule has 1 amide bonds. The maximum atomic E-state index is 12.9. The molecule has 31 heavy (non-hydrogen) atoms. The van der Waals surface area contributed by atoms with Crippen LogP contribution in [-0.4, -0.2) is 26.1 Å². The second-order valence-electron chi connectivity index (χ2n) is 7.53. The van der Waals surface area contributed by atoms with Gasteiger partial charge in [0, 0.05) is 12.1 Å². The van der Waals surface area contributed by atoms with Crippen molar-refractivity contribution in [3.63, 3.8) is 0 Å². The number of benzene rings is 3. The van der Waals surface area contributed by atoms with Crippen LogP contribution in [0.3, 0.4) is 0 Å². The van der Waals surface area contributed by atoms with Crippen LogP contribution in [0, 0.1) is 0 Å². The molecule has 2 unspecified atom stereocenters. The number of carbonyl (C=O) groups is 1. The molecule has 0 heterocycles. The molecule has 0 fully saturated rings. The molecule has 3 aromatic rings. The maximum absolute atomic E-state index is 12.9. The quantitative estimate of drug-likeness (QED) is 0.527. The zero-order chi connectivity index (χ0) is 22.3. The Morgan fingerprint density at radius 2 is 1.45 bits per heavy atom. The lowest BCUT2D eigenvalue weighted by molar-refractivity contribution is -0.120. The number of hydrogen-bond acceptors (Lipinski definition) is 4. The highest BCUT2D eigenvalue weighted by atomic mass is 32.2. The number of para-hydroxylation sites is 2. The molecule has 0 bridgehead atoms. The molecule has 6 heteroatoms. The predicted molar refractivity (Wildman–Crippen MR) is 123 cm³/mol. The van der Waals surface area contributed by atoms with Gasteiger partial charge in [-0.3, -0.25) is 4.79 Å². The first-order valence-corrected chi connectivity index (χ1v) is 11.9. The van der Waals surface area contributed by atoms with E-state index in [9.17, 15) is 13.2 Å². The zero-order valence-corrected chi connectivity index (χ0v) is 18.5. The number of hydrogen-bond donors (Lipinski definition) is 1. The van der Waals surface area contributed by atoms with Crippen molar-refractivity contribution < 1.29 is 17.9 Å². The molecule has 0 aromatic heterocycles. The number of nitrogens with one attached hydrogen (secondary N) is 1. The standard InChI is InChI=1S/C25H27NO4S/c1-19(21-11-5-3-6-12-21)17-26-25(27)20(2)31(28,29)18-22-13-9-10-16-24(22)30-23-14-7-4-8-15-23/h3-16,19-20H,17-18H2,1-2H3,(H,26,27). The van der Waals surface area contributed by atoms with Crippen LogP contribution in [0.25, 0.3) is 0 Å². The molecular formula is C25H27NO4S. The molecule has 2 atom stereocenters. The van der Waals surface area contributed by atoms with Crippen LogP contribution < -0.4 is 10.1 Å². The van der Waals surface area contributed by atoms with Gasteiger partial charge in [-0.1, -0.05) is 73.7 Å². The van der Waals surface area contributed by atoms with Gasteiger partial charge in [0.2, 0.25) is 5.91 Å². The van der Waals surface area contributed by atoms with E-state index in [1.807, 2.05) is 55.5 Å². The lowest BCUT2D eigenvalue weighted by atomic mass is 10.0. The van der Waals surface area contributed by atoms with Crippen molar-refractivity contribution in [1.82, 2.24) is 5.32 Å². The SMILES string of the molecule is CC(CNC(=O)C(C)S(=O)(=O)Cc1ccccc1Oc1ccccc1)c1ccccc1. The fourth-order valence-corrected chi connectivity index (χ4v) is 4.47. The van der Waals surface area contributed by atoms with Crippen molar-refractivity contribution in [3.8, 4) is 11.5 Å². The minimum absolute atomic E-state index is 0.0834. The third-order valence-electron chi connectivity index (χ3n) is 5.16. The van der Waals surface area contributed by atoms with E-state index in [1.54, 1.807) is 36.4 Å². The first kappa shape index (κ1) is 22.6. The summed E-state index contributed by atoms with van der Waals surface area (Å²) in [5.41, 5.74) is 1.61. The summed E-state index contributed by atoms with van der Waals surface area (Å²) in [5, 5.41) is 1.61. The third kappa shape index (κ3) is 6.18. The topological polar surface area (TPSA) is 72.5 Å². The number of amides is 1. The Kier molecular flexibility index (Phi) is 7.47. The van der Waals surface area contributed by atoms with Crippen molar-refractivity contribution in [1.29, 1.82) is 0 Å². The average Bonchev–Trinajstić information content (AvgIpc) is 2.79. The largest absolute Gasteiger partial charge is 0.457 e. The number of carbonyl (C=O) groups excluding carboxylic acids is 1. The molecule has 3 rings (SSSR count). The summed E-state index contributed by atoms with van der Waals surface area (Å²) >= 11 is 0. The normalized spacial score (nSPS) is 13.2. The van der Waals surface area contributed by atoms with Gasteiger partial charge in [0.05, 0.1) is 5.75 Å². The molecule has 0 saturated carbocycles. The van der Waals surface area contributed by atoms with E-state index in [0.717, 1.165) is 5.56 Å². The lowest BCUT2D eigenvalue weighted by Gasteiger charge is -2.17. The second-order valence-corrected chi connectivity index (χ2v) is 9.85. The van der Waals surface area contributed by atoms with Gasteiger partial charge in [-0.25, -0.2) is 8.42 Å². The van der Waals surface area contributed by atoms with Crippen molar-refractivity contribution >= 4 is 15.7 Å². The Labute approximate surface area is 184 Å². The van der Waals surface area contributed by atoms with Gasteiger partial charge in [0.15, 0.2) is 9.84 Å².